The highest BCUT2D eigenvalue weighted by molar-refractivity contribution is 6.59. The Morgan fingerprint density at radius 1 is 1.42 bits per heavy atom. The third kappa shape index (κ3) is 1.85. The van der Waals surface area contributed by atoms with Gasteiger partial charge in [-0.1, -0.05) is 23.7 Å². The number of aldehydes is 1. The molecule has 0 aliphatic carbocycles. The summed E-state index contributed by atoms with van der Waals surface area (Å²) < 4.78 is 0. The van der Waals surface area contributed by atoms with Crippen molar-refractivity contribution < 1.29 is 14.8 Å². The first-order valence-electron chi connectivity index (χ1n) is 3.26. The Hall–Kier alpha value is -0.835. The fraction of sp³-hybridized carbons (Fsp3) is 0. The molecule has 0 unspecified atom stereocenters. The average Bonchev–Trinajstić information content (AvgIpc) is 2.04. The predicted molar refractivity (Wildman–Crippen MR) is 46.7 cm³/mol. The standard InChI is InChI=1S/C7H6BClO3/c9-7-3-6(8(11)12)2-1-5(7)4-10/h1-4,11-12H. The number of hydrogen-bond acceptors (Lipinski definition) is 3. The van der Waals surface area contributed by atoms with E-state index in [4.69, 9.17) is 21.6 Å². The molecule has 0 spiro atoms. The lowest BCUT2D eigenvalue weighted by Crippen LogP contribution is -2.29. The molecule has 3 nitrogen and oxygen atoms in total. The summed E-state index contributed by atoms with van der Waals surface area (Å²) >= 11 is 5.62. The zero-order chi connectivity index (χ0) is 9.14. The highest BCUT2D eigenvalue weighted by Gasteiger charge is 2.11. The van der Waals surface area contributed by atoms with Gasteiger partial charge >= 0.3 is 7.12 Å². The van der Waals surface area contributed by atoms with E-state index in [-0.39, 0.29) is 10.5 Å². The van der Waals surface area contributed by atoms with Gasteiger partial charge in [-0.15, -0.1) is 0 Å². The zero-order valence-electron chi connectivity index (χ0n) is 6.07. The summed E-state index contributed by atoms with van der Waals surface area (Å²) in [6.07, 6.45) is 0.607. The van der Waals surface area contributed by atoms with Gasteiger partial charge < -0.3 is 10.0 Å². The molecule has 0 atom stereocenters. The molecule has 0 aliphatic rings. The molecule has 0 aliphatic heterocycles. The van der Waals surface area contributed by atoms with Crippen LogP contribution in [0.5, 0.6) is 0 Å². The van der Waals surface area contributed by atoms with Crippen LogP contribution in [0.2, 0.25) is 5.02 Å². The van der Waals surface area contributed by atoms with Crippen molar-refractivity contribution in [1.82, 2.24) is 0 Å². The van der Waals surface area contributed by atoms with Crippen LogP contribution in [-0.4, -0.2) is 23.5 Å². The van der Waals surface area contributed by atoms with E-state index in [1.165, 1.54) is 18.2 Å². The van der Waals surface area contributed by atoms with Gasteiger partial charge in [0.05, 0.1) is 5.02 Å². The molecule has 0 bridgehead atoms. The van der Waals surface area contributed by atoms with E-state index in [1.807, 2.05) is 0 Å². The highest BCUT2D eigenvalue weighted by atomic mass is 35.5. The second-order valence-corrected chi connectivity index (χ2v) is 2.68. The minimum Gasteiger partial charge on any atom is -0.423 e. The summed E-state index contributed by atoms with van der Waals surface area (Å²) in [7, 11) is -1.55. The number of carbonyl (C=O) groups is 1. The van der Waals surface area contributed by atoms with Crippen molar-refractivity contribution in [2.45, 2.75) is 0 Å². The van der Waals surface area contributed by atoms with Crippen LogP contribution in [-0.2, 0) is 0 Å². The first-order chi connectivity index (χ1) is 5.65. The summed E-state index contributed by atoms with van der Waals surface area (Å²) in [5.41, 5.74) is 0.603. The first-order valence-corrected chi connectivity index (χ1v) is 3.63. The van der Waals surface area contributed by atoms with Crippen LogP contribution in [0, 0.1) is 0 Å². The number of rotatable bonds is 2. The smallest absolute Gasteiger partial charge is 0.423 e. The van der Waals surface area contributed by atoms with E-state index in [0.717, 1.165) is 0 Å². The quantitative estimate of drug-likeness (QED) is 0.496. The van der Waals surface area contributed by atoms with E-state index in [0.29, 0.717) is 11.8 Å². The van der Waals surface area contributed by atoms with Crippen molar-refractivity contribution in [2.24, 2.45) is 0 Å². The van der Waals surface area contributed by atoms with Crippen molar-refractivity contribution in [3.05, 3.63) is 28.8 Å². The van der Waals surface area contributed by atoms with Gasteiger partial charge in [0.25, 0.3) is 0 Å². The average molecular weight is 184 g/mol. The Morgan fingerprint density at radius 3 is 2.50 bits per heavy atom. The lowest BCUT2D eigenvalue weighted by molar-refractivity contribution is 0.112. The SMILES string of the molecule is O=Cc1ccc(B(O)O)cc1Cl. The van der Waals surface area contributed by atoms with E-state index < -0.39 is 7.12 Å². The number of hydrogen-bond donors (Lipinski definition) is 2. The van der Waals surface area contributed by atoms with Gasteiger partial charge in [-0.2, -0.15) is 0 Å². The largest absolute Gasteiger partial charge is 0.488 e. The second kappa shape index (κ2) is 3.71. The van der Waals surface area contributed by atoms with Gasteiger partial charge in [0.1, 0.15) is 0 Å². The van der Waals surface area contributed by atoms with Gasteiger partial charge in [-0.25, -0.2) is 0 Å². The molecule has 12 heavy (non-hydrogen) atoms. The van der Waals surface area contributed by atoms with Crippen LogP contribution in [0.25, 0.3) is 0 Å². The fourth-order valence-corrected chi connectivity index (χ4v) is 1.03. The molecular formula is C7H6BClO3. The maximum absolute atomic E-state index is 10.3. The molecule has 0 radical (unpaired) electrons. The second-order valence-electron chi connectivity index (χ2n) is 2.27. The van der Waals surface area contributed by atoms with Crippen molar-refractivity contribution in [2.75, 3.05) is 0 Å². The Balaban J connectivity index is 3.10. The lowest BCUT2D eigenvalue weighted by atomic mass is 9.80. The van der Waals surface area contributed by atoms with E-state index in [9.17, 15) is 4.79 Å². The van der Waals surface area contributed by atoms with E-state index >= 15 is 0 Å². The van der Waals surface area contributed by atoms with E-state index in [2.05, 4.69) is 0 Å². The molecule has 0 saturated carbocycles. The summed E-state index contributed by atoms with van der Waals surface area (Å²) in [6.45, 7) is 0. The molecular weight excluding hydrogens is 178 g/mol. The maximum Gasteiger partial charge on any atom is 0.488 e. The summed E-state index contributed by atoms with van der Waals surface area (Å²) in [4.78, 5) is 10.3. The molecule has 0 aromatic heterocycles. The van der Waals surface area contributed by atoms with Crippen molar-refractivity contribution in [3.8, 4) is 0 Å². The number of halogens is 1. The van der Waals surface area contributed by atoms with Gasteiger partial charge in [0.15, 0.2) is 6.29 Å². The van der Waals surface area contributed by atoms with Crippen LogP contribution < -0.4 is 5.46 Å². The topological polar surface area (TPSA) is 57.5 Å². The third-order valence-corrected chi connectivity index (χ3v) is 1.78. The molecule has 0 heterocycles. The Morgan fingerprint density at radius 2 is 2.08 bits per heavy atom. The van der Waals surface area contributed by atoms with Gasteiger partial charge in [0.2, 0.25) is 0 Å². The summed E-state index contributed by atoms with van der Waals surface area (Å²) in [5.74, 6) is 0. The molecule has 0 fully saturated rings. The molecule has 2 N–H and O–H groups in total. The minimum atomic E-state index is -1.55. The first kappa shape index (κ1) is 9.25. The molecule has 0 saturated heterocycles. The minimum absolute atomic E-state index is 0.218. The number of benzene rings is 1. The third-order valence-electron chi connectivity index (χ3n) is 1.45. The van der Waals surface area contributed by atoms with E-state index in [1.54, 1.807) is 0 Å². The van der Waals surface area contributed by atoms with Crippen LogP contribution in [0.1, 0.15) is 10.4 Å². The van der Waals surface area contributed by atoms with Gasteiger partial charge in [0, 0.05) is 5.56 Å². The van der Waals surface area contributed by atoms with Crippen LogP contribution >= 0.6 is 11.6 Å². The van der Waals surface area contributed by atoms with Gasteiger partial charge in [-0.3, -0.25) is 4.79 Å². The monoisotopic (exact) mass is 184 g/mol. The fourth-order valence-electron chi connectivity index (χ4n) is 0.800. The molecule has 0 amide bonds. The van der Waals surface area contributed by atoms with Crippen molar-refractivity contribution in [1.29, 1.82) is 0 Å². The molecule has 5 heteroatoms. The van der Waals surface area contributed by atoms with Crippen LogP contribution in [0.15, 0.2) is 18.2 Å². The molecule has 62 valence electrons. The predicted octanol–water partition coefficient (Wildman–Crippen LogP) is -0.168. The molecule has 1 aromatic carbocycles. The summed E-state index contributed by atoms with van der Waals surface area (Å²) in [6, 6.07) is 4.21. The highest BCUT2D eigenvalue weighted by Crippen LogP contribution is 2.10. The van der Waals surface area contributed by atoms with Gasteiger partial charge in [-0.05, 0) is 11.5 Å². The zero-order valence-corrected chi connectivity index (χ0v) is 6.82. The van der Waals surface area contributed by atoms with Crippen LogP contribution in [0.3, 0.4) is 0 Å². The Labute approximate surface area is 74.7 Å². The van der Waals surface area contributed by atoms with Crippen LogP contribution in [0.4, 0.5) is 0 Å². The number of carbonyl (C=O) groups excluding carboxylic acids is 1. The molecule has 1 rings (SSSR count). The molecule has 1 aromatic rings. The van der Waals surface area contributed by atoms with Crippen molar-refractivity contribution in [3.63, 3.8) is 0 Å². The Kier molecular flexibility index (Phi) is 2.86. The lowest BCUT2D eigenvalue weighted by Gasteiger charge is -2.00. The summed E-state index contributed by atoms with van der Waals surface area (Å²) in [5, 5.41) is 17.7. The van der Waals surface area contributed by atoms with Crippen molar-refractivity contribution >= 4 is 30.5 Å². The Bertz CT molecular complexity index is 301. The normalized spacial score (nSPS) is 9.58. The maximum atomic E-state index is 10.3.